The van der Waals surface area contributed by atoms with Crippen LogP contribution >= 0.6 is 24.0 Å². The van der Waals surface area contributed by atoms with Crippen molar-refractivity contribution in [2.75, 3.05) is 27.3 Å². The van der Waals surface area contributed by atoms with E-state index >= 15 is 0 Å². The normalized spacial score (nSPS) is 21.6. The Morgan fingerprint density at radius 2 is 2.08 bits per heavy atom. The quantitative estimate of drug-likeness (QED) is 0.324. The van der Waals surface area contributed by atoms with Crippen molar-refractivity contribution in [1.29, 1.82) is 0 Å². The van der Waals surface area contributed by atoms with Crippen LogP contribution in [0.25, 0.3) is 0 Å². The average molecular weight is 445 g/mol. The summed E-state index contributed by atoms with van der Waals surface area (Å²) in [6.45, 7) is 1.40. The van der Waals surface area contributed by atoms with E-state index in [2.05, 4.69) is 39.9 Å². The van der Waals surface area contributed by atoms with Crippen molar-refractivity contribution in [1.82, 2.24) is 10.6 Å². The molecule has 134 valence electrons. The van der Waals surface area contributed by atoms with E-state index in [1.807, 2.05) is 0 Å². The van der Waals surface area contributed by atoms with Crippen LogP contribution in [0, 0.1) is 0 Å². The lowest BCUT2D eigenvalue weighted by molar-refractivity contribution is 0.0396. The molecular weight excluding hydrogens is 417 g/mol. The molecule has 0 aromatic heterocycles. The number of aliphatic imine (C=N–C) groups is 1. The first kappa shape index (κ1) is 19.3. The van der Waals surface area contributed by atoms with Crippen LogP contribution in [0.3, 0.4) is 0 Å². The molecule has 1 aliphatic carbocycles. The summed E-state index contributed by atoms with van der Waals surface area (Å²) in [5.41, 5.74) is 1.22. The Morgan fingerprint density at radius 3 is 2.79 bits per heavy atom. The number of benzene rings is 1. The summed E-state index contributed by atoms with van der Waals surface area (Å²) >= 11 is 0. The highest BCUT2D eigenvalue weighted by Crippen LogP contribution is 2.46. The smallest absolute Gasteiger partial charge is 0.191 e. The van der Waals surface area contributed by atoms with Crippen molar-refractivity contribution < 1.29 is 9.47 Å². The number of rotatable bonds is 4. The highest BCUT2D eigenvalue weighted by atomic mass is 127. The second kappa shape index (κ2) is 8.89. The molecule has 5 nitrogen and oxygen atoms in total. The minimum Gasteiger partial charge on any atom is -0.487 e. The number of guanidine groups is 1. The second-order valence-electron chi connectivity index (χ2n) is 6.42. The van der Waals surface area contributed by atoms with E-state index in [0.29, 0.717) is 6.61 Å². The van der Waals surface area contributed by atoms with E-state index in [9.17, 15) is 0 Å². The molecule has 1 aliphatic heterocycles. The molecule has 1 heterocycles. The highest BCUT2D eigenvalue weighted by Gasteiger charge is 2.43. The molecule has 1 aromatic carbocycles. The molecule has 0 bridgehead atoms. The molecule has 1 unspecified atom stereocenters. The predicted octanol–water partition coefficient (Wildman–Crippen LogP) is 3.25. The van der Waals surface area contributed by atoms with Crippen LogP contribution in [-0.2, 0) is 4.74 Å². The number of ether oxygens (including phenoxy) is 2. The van der Waals surface area contributed by atoms with Gasteiger partial charge in [0.15, 0.2) is 5.96 Å². The lowest BCUT2D eigenvalue weighted by Crippen LogP contribution is -2.47. The van der Waals surface area contributed by atoms with Gasteiger partial charge in [-0.3, -0.25) is 4.99 Å². The lowest BCUT2D eigenvalue weighted by atomic mass is 9.86. The molecule has 0 amide bonds. The number of hydrogen-bond donors (Lipinski definition) is 2. The molecule has 3 rings (SSSR count). The van der Waals surface area contributed by atoms with Gasteiger partial charge >= 0.3 is 0 Å². The standard InChI is InChI=1S/C18H27N3O2.HI/c1-19-17(20-11-12-22-2)21-15-13-18(9-5-6-10-18)23-16-8-4-3-7-14(15)16;/h3-4,7-8,15H,5-6,9-13H2,1-2H3,(H2,19,20,21);1H. The van der Waals surface area contributed by atoms with Gasteiger partial charge in [0.2, 0.25) is 0 Å². The molecule has 1 fully saturated rings. The average Bonchev–Trinajstić information content (AvgIpc) is 3.01. The van der Waals surface area contributed by atoms with Crippen molar-refractivity contribution >= 4 is 29.9 Å². The van der Waals surface area contributed by atoms with Crippen LogP contribution in [0.15, 0.2) is 29.3 Å². The maximum Gasteiger partial charge on any atom is 0.191 e. The summed E-state index contributed by atoms with van der Waals surface area (Å²) in [6, 6.07) is 8.59. The number of nitrogens with one attached hydrogen (secondary N) is 2. The van der Waals surface area contributed by atoms with Crippen LogP contribution in [0.2, 0.25) is 0 Å². The third kappa shape index (κ3) is 4.33. The van der Waals surface area contributed by atoms with Crippen molar-refractivity contribution in [3.05, 3.63) is 29.8 Å². The number of methoxy groups -OCH3 is 1. The molecule has 0 radical (unpaired) electrons. The Labute approximate surface area is 161 Å². The minimum absolute atomic E-state index is 0. The maximum atomic E-state index is 6.40. The summed E-state index contributed by atoms with van der Waals surface area (Å²) < 4.78 is 11.5. The highest BCUT2D eigenvalue weighted by molar-refractivity contribution is 14.0. The minimum atomic E-state index is -0.00258. The number of halogens is 1. The number of para-hydroxylation sites is 1. The third-order valence-corrected chi connectivity index (χ3v) is 4.84. The van der Waals surface area contributed by atoms with Crippen LogP contribution in [-0.4, -0.2) is 38.9 Å². The molecule has 1 aromatic rings. The molecule has 1 saturated carbocycles. The Bertz CT molecular complexity index is 559. The fourth-order valence-electron chi connectivity index (χ4n) is 3.70. The first-order valence-corrected chi connectivity index (χ1v) is 8.50. The third-order valence-electron chi connectivity index (χ3n) is 4.84. The van der Waals surface area contributed by atoms with Gasteiger partial charge < -0.3 is 20.1 Å². The lowest BCUT2D eigenvalue weighted by Gasteiger charge is -2.40. The van der Waals surface area contributed by atoms with Gasteiger partial charge in [0.1, 0.15) is 11.4 Å². The van der Waals surface area contributed by atoms with Gasteiger partial charge in [-0.15, -0.1) is 24.0 Å². The number of hydrogen-bond acceptors (Lipinski definition) is 3. The number of fused-ring (bicyclic) bond motifs is 1. The maximum absolute atomic E-state index is 6.40. The van der Waals surface area contributed by atoms with Gasteiger partial charge in [-0.1, -0.05) is 18.2 Å². The molecule has 2 aliphatic rings. The van der Waals surface area contributed by atoms with Gasteiger partial charge in [-0.25, -0.2) is 0 Å². The van der Waals surface area contributed by atoms with Crippen molar-refractivity contribution in [2.45, 2.75) is 43.7 Å². The molecule has 0 saturated heterocycles. The van der Waals surface area contributed by atoms with E-state index in [1.54, 1.807) is 14.2 Å². The van der Waals surface area contributed by atoms with Crippen molar-refractivity contribution in [3.8, 4) is 5.75 Å². The van der Waals surface area contributed by atoms with Crippen LogP contribution < -0.4 is 15.4 Å². The second-order valence-corrected chi connectivity index (χ2v) is 6.42. The molecule has 2 N–H and O–H groups in total. The molecular formula is C18H28IN3O2. The van der Waals surface area contributed by atoms with Crippen molar-refractivity contribution in [2.24, 2.45) is 4.99 Å². The fraction of sp³-hybridized carbons (Fsp3) is 0.611. The molecule has 1 atom stereocenters. The SMILES string of the molecule is CN=C(NCCOC)NC1CC2(CCCC2)Oc2ccccc21.I. The zero-order valence-corrected chi connectivity index (χ0v) is 16.8. The van der Waals surface area contributed by atoms with Crippen molar-refractivity contribution in [3.63, 3.8) is 0 Å². The summed E-state index contributed by atoms with van der Waals surface area (Å²) in [5.74, 6) is 1.84. The topological polar surface area (TPSA) is 54.9 Å². The zero-order chi connectivity index (χ0) is 16.1. The van der Waals surface area contributed by atoms with E-state index in [-0.39, 0.29) is 35.6 Å². The van der Waals surface area contributed by atoms with E-state index in [1.165, 1.54) is 18.4 Å². The summed E-state index contributed by atoms with van der Waals surface area (Å²) in [5, 5.41) is 6.88. The monoisotopic (exact) mass is 445 g/mol. The number of nitrogens with zero attached hydrogens (tertiary/aromatic N) is 1. The molecule has 24 heavy (non-hydrogen) atoms. The van der Waals surface area contributed by atoms with Gasteiger partial charge in [0, 0.05) is 32.7 Å². The zero-order valence-electron chi connectivity index (χ0n) is 14.5. The van der Waals surface area contributed by atoms with Gasteiger partial charge in [-0.2, -0.15) is 0 Å². The Kier molecular flexibility index (Phi) is 7.16. The predicted molar refractivity (Wildman–Crippen MR) is 107 cm³/mol. The summed E-state index contributed by atoms with van der Waals surface area (Å²) in [4.78, 5) is 4.34. The van der Waals surface area contributed by atoms with Crippen LogP contribution in [0.5, 0.6) is 5.75 Å². The van der Waals surface area contributed by atoms with Gasteiger partial charge in [0.25, 0.3) is 0 Å². The Balaban J connectivity index is 0.00000208. The van der Waals surface area contributed by atoms with E-state index < -0.39 is 0 Å². The summed E-state index contributed by atoms with van der Waals surface area (Å²) in [7, 11) is 3.51. The Hall–Kier alpha value is -1.02. The largest absolute Gasteiger partial charge is 0.487 e. The Morgan fingerprint density at radius 1 is 1.33 bits per heavy atom. The van der Waals surface area contributed by atoms with Crippen LogP contribution in [0.4, 0.5) is 0 Å². The molecule has 6 heteroatoms. The summed E-state index contributed by atoms with van der Waals surface area (Å²) in [6.07, 6.45) is 5.81. The first-order valence-electron chi connectivity index (χ1n) is 8.50. The van der Waals surface area contributed by atoms with E-state index in [0.717, 1.165) is 37.5 Å². The van der Waals surface area contributed by atoms with Gasteiger partial charge in [-0.05, 0) is 31.7 Å². The van der Waals surface area contributed by atoms with Crippen LogP contribution in [0.1, 0.15) is 43.7 Å². The molecule has 1 spiro atoms. The first-order chi connectivity index (χ1) is 11.3. The van der Waals surface area contributed by atoms with Gasteiger partial charge in [0.05, 0.1) is 12.6 Å². The van der Waals surface area contributed by atoms with E-state index in [4.69, 9.17) is 9.47 Å². The fourth-order valence-corrected chi connectivity index (χ4v) is 3.70.